The average Bonchev–Trinajstić information content (AvgIpc) is 3.14. The van der Waals surface area contributed by atoms with E-state index in [0.717, 1.165) is 6.92 Å². The van der Waals surface area contributed by atoms with E-state index in [-0.39, 0.29) is 29.7 Å². The first kappa shape index (κ1) is 48.1. The molecule has 1 amide bonds. The number of hydrogen-bond donors (Lipinski definition) is 4. The molecule has 2 bridgehead atoms. The van der Waals surface area contributed by atoms with E-state index in [1.54, 1.807) is 80.5 Å². The number of fused-ring (bicyclic) bond motifs is 5. The summed E-state index contributed by atoms with van der Waals surface area (Å²) in [5, 5.41) is 39.8. The van der Waals surface area contributed by atoms with E-state index in [2.05, 4.69) is 5.32 Å². The fourth-order valence-electron chi connectivity index (χ4n) is 9.57. The molecule has 1 aromatic carbocycles. The van der Waals surface area contributed by atoms with E-state index in [4.69, 9.17) is 28.4 Å². The molecule has 62 heavy (non-hydrogen) atoms. The van der Waals surface area contributed by atoms with Crippen LogP contribution in [0.5, 0.6) is 0 Å². The van der Waals surface area contributed by atoms with Crippen molar-refractivity contribution in [1.29, 1.82) is 0 Å². The lowest BCUT2D eigenvalue weighted by molar-refractivity contribution is -0.345. The molecule has 5 rings (SSSR count). The van der Waals surface area contributed by atoms with Crippen LogP contribution >= 0.6 is 0 Å². The molecule has 340 valence electrons. The second-order valence-corrected chi connectivity index (χ2v) is 19.1. The van der Waals surface area contributed by atoms with Crippen LogP contribution in [0.2, 0.25) is 0 Å². The van der Waals surface area contributed by atoms with Gasteiger partial charge in [0.05, 0.1) is 35.6 Å². The third-order valence-corrected chi connectivity index (χ3v) is 12.6. The Morgan fingerprint density at radius 2 is 1.58 bits per heavy atom. The van der Waals surface area contributed by atoms with Crippen molar-refractivity contribution in [2.24, 2.45) is 16.7 Å². The van der Waals surface area contributed by atoms with Crippen LogP contribution in [0.3, 0.4) is 0 Å². The van der Waals surface area contributed by atoms with Crippen molar-refractivity contribution in [1.82, 2.24) is 5.32 Å². The number of nitrogens with one attached hydrogen (secondary N) is 1. The lowest BCUT2D eigenvalue weighted by Gasteiger charge is -2.67. The maximum atomic E-state index is 15.6. The van der Waals surface area contributed by atoms with Gasteiger partial charge in [0.25, 0.3) is 0 Å². The first-order chi connectivity index (χ1) is 28.6. The van der Waals surface area contributed by atoms with Crippen molar-refractivity contribution in [3.8, 4) is 0 Å². The maximum Gasteiger partial charge on any atom is 0.408 e. The van der Waals surface area contributed by atoms with Crippen molar-refractivity contribution in [3.05, 3.63) is 70.3 Å². The summed E-state index contributed by atoms with van der Waals surface area (Å²) in [5.74, 6) is -6.37. The zero-order valence-electron chi connectivity index (χ0n) is 37.5. The third-order valence-electron chi connectivity index (χ3n) is 12.6. The molecule has 0 aromatic heterocycles. The molecule has 1 aromatic rings. The molecule has 4 aliphatic rings. The minimum atomic E-state index is -2.41. The van der Waals surface area contributed by atoms with Crippen molar-refractivity contribution in [3.63, 3.8) is 0 Å². The smallest absolute Gasteiger partial charge is 0.408 e. The number of ether oxygens (including phenoxy) is 6. The molecule has 1 heterocycles. The lowest BCUT2D eigenvalue weighted by Crippen LogP contribution is -2.82. The van der Waals surface area contributed by atoms with Crippen LogP contribution in [0.15, 0.2) is 64.8 Å². The molecule has 16 nitrogen and oxygen atoms in total. The van der Waals surface area contributed by atoms with Gasteiger partial charge in [-0.05, 0) is 85.6 Å². The van der Waals surface area contributed by atoms with Gasteiger partial charge in [0.15, 0.2) is 23.6 Å². The largest absolute Gasteiger partial charge is 0.456 e. The topological polar surface area (TPSA) is 231 Å². The fourth-order valence-corrected chi connectivity index (χ4v) is 9.57. The minimum Gasteiger partial charge on any atom is -0.456 e. The highest BCUT2D eigenvalue weighted by atomic mass is 16.6. The summed E-state index contributed by atoms with van der Waals surface area (Å²) in [4.78, 5) is 83.5. The van der Waals surface area contributed by atoms with E-state index in [1.165, 1.54) is 38.1 Å². The Hall–Kier alpha value is -4.90. The quantitative estimate of drug-likeness (QED) is 0.111. The number of carbonyl (C=O) groups excluding carboxylic acids is 6. The predicted octanol–water partition coefficient (Wildman–Crippen LogP) is 4.37. The van der Waals surface area contributed by atoms with E-state index in [1.807, 2.05) is 0 Å². The van der Waals surface area contributed by atoms with Gasteiger partial charge in [0.2, 0.25) is 0 Å². The molecule has 1 aliphatic heterocycles. The zero-order chi connectivity index (χ0) is 46.5. The molecule has 3 aliphatic carbocycles. The highest BCUT2D eigenvalue weighted by molar-refractivity contribution is 5.96. The van der Waals surface area contributed by atoms with Gasteiger partial charge in [-0.3, -0.25) is 9.59 Å². The number of rotatable bonds is 10. The number of amides is 1. The second-order valence-electron chi connectivity index (χ2n) is 19.1. The molecule has 0 radical (unpaired) electrons. The Bertz CT molecular complexity index is 2060. The van der Waals surface area contributed by atoms with Crippen LogP contribution in [-0.2, 0) is 47.6 Å². The summed E-state index contributed by atoms with van der Waals surface area (Å²) in [6, 6.07) is 6.48. The number of hydrogen-bond acceptors (Lipinski definition) is 15. The maximum absolute atomic E-state index is 15.6. The number of allylic oxidation sites excluding steroid dienone is 2. The summed E-state index contributed by atoms with van der Waals surface area (Å²) < 4.78 is 35.9. The normalized spacial score (nSPS) is 32.0. The van der Waals surface area contributed by atoms with E-state index >= 15 is 4.79 Å². The summed E-state index contributed by atoms with van der Waals surface area (Å²) in [6.07, 6.45) is -8.91. The molecule has 16 heteroatoms. The average molecular weight is 868 g/mol. The molecular weight excluding hydrogens is 806 g/mol. The highest BCUT2D eigenvalue weighted by Crippen LogP contribution is 2.64. The number of aliphatic hydroxyl groups is 3. The SMILES string of the molecule is CC(=O)O[C@H]1C(=O)[C@@]2(C)[C@H]([C@H](OC(=O)c3ccccc3)[C@]3(O)C[C@H](OC(=O)[C@H](O)[C@H](C=C(C)C)NC(=O)OC(C)(C)C)C(C)=C1C3(C)C)[C@]1(OC(=O)C=C(C)C)CO[C@@H]1C[C@@H]2O. The molecule has 11 atom stereocenters. The van der Waals surface area contributed by atoms with Gasteiger partial charge in [-0.15, -0.1) is 0 Å². The van der Waals surface area contributed by atoms with Crippen LogP contribution < -0.4 is 5.32 Å². The Kier molecular flexibility index (Phi) is 13.5. The first-order valence-electron chi connectivity index (χ1n) is 20.7. The monoisotopic (exact) mass is 867 g/mol. The van der Waals surface area contributed by atoms with Crippen LogP contribution in [0.25, 0.3) is 0 Å². The first-order valence-corrected chi connectivity index (χ1v) is 20.7. The second kappa shape index (κ2) is 17.3. The third kappa shape index (κ3) is 8.84. The van der Waals surface area contributed by atoms with Gasteiger partial charge in [0, 0.05) is 31.3 Å². The van der Waals surface area contributed by atoms with Gasteiger partial charge in [0.1, 0.15) is 29.5 Å². The summed E-state index contributed by atoms with van der Waals surface area (Å²) in [6.45, 7) is 18.4. The number of benzene rings is 1. The predicted molar refractivity (Wildman–Crippen MR) is 221 cm³/mol. The van der Waals surface area contributed by atoms with Gasteiger partial charge < -0.3 is 49.1 Å². The molecule has 0 unspecified atom stereocenters. The van der Waals surface area contributed by atoms with Crippen LogP contribution in [-0.4, -0.2) is 117 Å². The Labute approximate surface area is 362 Å². The number of alkyl carbamates (subject to hydrolysis) is 1. The number of esters is 4. The summed E-state index contributed by atoms with van der Waals surface area (Å²) >= 11 is 0. The fraction of sp³-hybridized carbons (Fsp3) is 0.609. The van der Waals surface area contributed by atoms with Gasteiger partial charge in [-0.2, -0.15) is 0 Å². The van der Waals surface area contributed by atoms with Gasteiger partial charge in [-0.1, -0.05) is 49.3 Å². The van der Waals surface area contributed by atoms with Gasteiger partial charge >= 0.3 is 30.0 Å². The lowest BCUT2D eigenvalue weighted by atomic mass is 9.44. The highest BCUT2D eigenvalue weighted by Gasteiger charge is 2.78. The Morgan fingerprint density at radius 3 is 2.11 bits per heavy atom. The Morgan fingerprint density at radius 1 is 0.952 bits per heavy atom. The van der Waals surface area contributed by atoms with Crippen molar-refractivity contribution in [2.75, 3.05) is 6.61 Å². The van der Waals surface area contributed by atoms with Crippen LogP contribution in [0.4, 0.5) is 4.79 Å². The molecule has 3 fully saturated rings. The van der Waals surface area contributed by atoms with Crippen molar-refractivity contribution in [2.45, 2.75) is 155 Å². The van der Waals surface area contributed by atoms with Crippen molar-refractivity contribution < 1.29 is 72.5 Å². The zero-order valence-corrected chi connectivity index (χ0v) is 37.5. The standard InChI is InChI=1S/C46H61NO15/c1-23(2)18-28(47-41(55)62-42(7,8)9)34(51)40(54)59-29-21-46(56)38(60-39(53)27-16-14-13-15-17-27)36-44(12,37(52)35(58-26(6)48)33(25(29)5)43(46,10)11)30(49)20-31-45(36,22-57-31)61-32(50)19-24(3)4/h13-19,28-31,34-36,38,49,51,56H,20-22H2,1-12H3,(H,47,55)/t28-,29-,30-,31+,34+,35+,36-,38-,44+,45-,46+/m0/s1. The molecule has 4 N–H and O–H groups in total. The molecular formula is C46H61NO15. The van der Waals surface area contributed by atoms with E-state index in [0.29, 0.717) is 11.1 Å². The number of carbonyl (C=O) groups is 6. The summed E-state index contributed by atoms with van der Waals surface area (Å²) in [5.41, 5.74) is -7.49. The molecule has 0 spiro atoms. The number of Topliss-reactive ketones (excluding diaryl/α,β-unsaturated/α-hetero) is 1. The van der Waals surface area contributed by atoms with Crippen LogP contribution in [0, 0.1) is 16.7 Å². The molecule has 1 saturated heterocycles. The van der Waals surface area contributed by atoms with Crippen LogP contribution in [0.1, 0.15) is 106 Å². The Balaban J connectivity index is 1.75. The number of ketones is 1. The molecule has 2 saturated carbocycles. The van der Waals surface area contributed by atoms with E-state index < -0.39 is 118 Å². The van der Waals surface area contributed by atoms with Crippen molar-refractivity contribution >= 4 is 35.8 Å². The van der Waals surface area contributed by atoms with E-state index in [9.17, 15) is 39.3 Å². The summed E-state index contributed by atoms with van der Waals surface area (Å²) in [7, 11) is 0. The number of aliphatic hydroxyl groups excluding tert-OH is 2. The van der Waals surface area contributed by atoms with Gasteiger partial charge in [-0.25, -0.2) is 19.2 Å². The minimum absolute atomic E-state index is 0.0123.